The summed E-state index contributed by atoms with van der Waals surface area (Å²) in [6.07, 6.45) is -0.707. The summed E-state index contributed by atoms with van der Waals surface area (Å²) >= 11 is 0. The summed E-state index contributed by atoms with van der Waals surface area (Å²) in [6, 6.07) is 6.83. The number of oxime groups is 1. The molecule has 0 spiro atoms. The maximum Gasteiger partial charge on any atom is 0.302 e. The highest BCUT2D eigenvalue weighted by Crippen LogP contribution is 2.48. The maximum atomic E-state index is 11.0. The van der Waals surface area contributed by atoms with Crippen molar-refractivity contribution in [2.75, 3.05) is 14.2 Å². The molecular formula is C19H21N3O7. The Labute approximate surface area is 166 Å². The summed E-state index contributed by atoms with van der Waals surface area (Å²) in [5.41, 5.74) is 1.14. The second kappa shape index (κ2) is 7.56. The average Bonchev–Trinajstić information content (AvgIpc) is 2.73. The van der Waals surface area contributed by atoms with Gasteiger partial charge in [0.1, 0.15) is 11.8 Å². The van der Waals surface area contributed by atoms with Crippen molar-refractivity contribution < 1.29 is 34.0 Å². The Hall–Kier alpha value is -2.79. The lowest BCUT2D eigenvalue weighted by atomic mass is 9.95. The van der Waals surface area contributed by atoms with Crippen molar-refractivity contribution in [2.24, 2.45) is 5.16 Å². The molecule has 5 atom stereocenters. The van der Waals surface area contributed by atoms with Gasteiger partial charge in [-0.2, -0.15) is 0 Å². The molecule has 0 saturated carbocycles. The molecule has 4 heterocycles. The molecule has 10 heteroatoms. The van der Waals surface area contributed by atoms with Gasteiger partial charge < -0.3 is 34.0 Å². The first-order valence-corrected chi connectivity index (χ1v) is 8.95. The van der Waals surface area contributed by atoms with Crippen LogP contribution in [-0.2, 0) is 14.2 Å². The number of nitrogens with zero attached hydrogens (tertiary/aromatic N) is 3. The Morgan fingerprint density at radius 2 is 2.14 bits per heavy atom. The first kappa shape index (κ1) is 19.5. The van der Waals surface area contributed by atoms with Crippen LogP contribution < -0.4 is 9.47 Å². The number of aliphatic hydroxyl groups is 1. The van der Waals surface area contributed by atoms with Gasteiger partial charge in [-0.1, -0.05) is 11.2 Å². The van der Waals surface area contributed by atoms with Crippen molar-refractivity contribution in [3.05, 3.63) is 36.2 Å². The highest BCUT2D eigenvalue weighted by Gasteiger charge is 2.62. The Bertz CT molecular complexity index is 910. The van der Waals surface area contributed by atoms with Crippen LogP contribution in [0.4, 0.5) is 0 Å². The van der Waals surface area contributed by atoms with E-state index < -0.39 is 30.4 Å². The summed E-state index contributed by atoms with van der Waals surface area (Å²) in [5.74, 6) is -1.19. The summed E-state index contributed by atoms with van der Waals surface area (Å²) < 4.78 is 29.0. The summed E-state index contributed by atoms with van der Waals surface area (Å²) in [6.45, 7) is 1.76. The SMILES string of the molecule is CO[C@H]1[C@H](C)O[C@H]2Oc3cc(/[13CH]=N\O)nc(-c4ccccn4)c3O[C@@]2(OC)[C@@H]1O. The molecule has 0 aliphatic carbocycles. The molecule has 154 valence electrons. The van der Waals surface area contributed by atoms with Crippen molar-refractivity contribution in [1.82, 2.24) is 9.97 Å². The number of aliphatic hydroxyl groups excluding tert-OH is 1. The van der Waals surface area contributed by atoms with Gasteiger partial charge in [0.2, 0.25) is 0 Å². The standard InChI is InChI=1S/C19H21N3O7/c1-10-15(25-2)17(23)19(26-3)18(27-10)28-13-8-11(9-21-24)22-14(16(13)29-19)12-6-4-5-7-20-12/h4-10,15,17-18,23-24H,1-3H3/b21-9-/t10-,15-,17+,18-,19-/m0/s1/i9+1. The molecule has 4 rings (SSSR count). The molecule has 2 aromatic heterocycles. The third-order valence-electron chi connectivity index (χ3n) is 5.00. The normalized spacial score (nSPS) is 30.9. The van der Waals surface area contributed by atoms with Gasteiger partial charge in [-0.15, -0.1) is 0 Å². The Morgan fingerprint density at radius 3 is 2.79 bits per heavy atom. The molecule has 1 saturated heterocycles. The number of pyridine rings is 2. The zero-order valence-electron chi connectivity index (χ0n) is 16.1. The molecule has 0 unspecified atom stereocenters. The number of methoxy groups -OCH3 is 2. The molecule has 2 aromatic rings. The van der Waals surface area contributed by atoms with Crippen LogP contribution in [0.25, 0.3) is 11.4 Å². The lowest BCUT2D eigenvalue weighted by molar-refractivity contribution is -0.391. The second-order valence-corrected chi connectivity index (χ2v) is 6.65. The fraction of sp³-hybridized carbons (Fsp3) is 0.421. The molecular weight excluding hydrogens is 383 g/mol. The Kier molecular flexibility index (Phi) is 5.09. The van der Waals surface area contributed by atoms with Crippen LogP contribution >= 0.6 is 0 Å². The van der Waals surface area contributed by atoms with Crippen molar-refractivity contribution in [3.8, 4) is 22.9 Å². The summed E-state index contributed by atoms with van der Waals surface area (Å²) in [5, 5.41) is 22.9. The topological polar surface area (TPSA) is 125 Å². The van der Waals surface area contributed by atoms with E-state index in [0.29, 0.717) is 17.1 Å². The predicted octanol–water partition coefficient (Wildman–Crippen LogP) is 1.19. The number of ether oxygens (including phenoxy) is 5. The van der Waals surface area contributed by atoms with Gasteiger partial charge in [0.05, 0.1) is 23.7 Å². The van der Waals surface area contributed by atoms with E-state index in [-0.39, 0.29) is 11.5 Å². The maximum absolute atomic E-state index is 11.0. The summed E-state index contributed by atoms with van der Waals surface area (Å²) in [4.78, 5) is 8.75. The smallest absolute Gasteiger partial charge is 0.302 e. The van der Waals surface area contributed by atoms with E-state index in [4.69, 9.17) is 28.9 Å². The van der Waals surface area contributed by atoms with Crippen molar-refractivity contribution in [3.63, 3.8) is 0 Å². The van der Waals surface area contributed by atoms with Crippen LogP contribution in [0.15, 0.2) is 35.6 Å². The minimum Gasteiger partial charge on any atom is -0.453 e. The van der Waals surface area contributed by atoms with E-state index in [1.165, 1.54) is 20.3 Å². The highest BCUT2D eigenvalue weighted by molar-refractivity contribution is 5.81. The highest BCUT2D eigenvalue weighted by atomic mass is 16.8. The van der Waals surface area contributed by atoms with Gasteiger partial charge in [-0.25, -0.2) is 4.98 Å². The molecule has 10 nitrogen and oxygen atoms in total. The first-order chi connectivity index (χ1) is 14.0. The van der Waals surface area contributed by atoms with Gasteiger partial charge >= 0.3 is 5.79 Å². The van der Waals surface area contributed by atoms with Crippen LogP contribution in [0.3, 0.4) is 0 Å². The predicted molar refractivity (Wildman–Crippen MR) is 99.0 cm³/mol. The van der Waals surface area contributed by atoms with Crippen LogP contribution in [0, 0.1) is 0 Å². The monoisotopic (exact) mass is 404 g/mol. The van der Waals surface area contributed by atoms with Crippen LogP contribution in [0.1, 0.15) is 12.6 Å². The molecule has 2 aliphatic heterocycles. The quantitative estimate of drug-likeness (QED) is 0.334. The van der Waals surface area contributed by atoms with Gasteiger partial charge in [-0.05, 0) is 19.1 Å². The van der Waals surface area contributed by atoms with E-state index in [9.17, 15) is 5.11 Å². The molecule has 0 aromatic carbocycles. The van der Waals surface area contributed by atoms with Crippen molar-refractivity contribution in [1.29, 1.82) is 0 Å². The largest absolute Gasteiger partial charge is 0.453 e. The van der Waals surface area contributed by atoms with E-state index in [1.807, 2.05) is 0 Å². The van der Waals surface area contributed by atoms with E-state index in [2.05, 4.69) is 15.1 Å². The van der Waals surface area contributed by atoms with E-state index in [1.54, 1.807) is 31.3 Å². The zero-order valence-corrected chi connectivity index (χ0v) is 16.1. The van der Waals surface area contributed by atoms with Crippen LogP contribution in [0.2, 0.25) is 0 Å². The van der Waals surface area contributed by atoms with Gasteiger partial charge in [0, 0.05) is 26.5 Å². The van der Waals surface area contributed by atoms with Crippen molar-refractivity contribution >= 4 is 6.21 Å². The van der Waals surface area contributed by atoms with E-state index >= 15 is 0 Å². The number of hydrogen-bond donors (Lipinski definition) is 2. The lowest BCUT2D eigenvalue weighted by Crippen LogP contribution is -2.71. The molecule has 2 N–H and O–H groups in total. The lowest BCUT2D eigenvalue weighted by Gasteiger charge is -2.51. The summed E-state index contributed by atoms with van der Waals surface area (Å²) in [7, 11) is 2.85. The fourth-order valence-corrected chi connectivity index (χ4v) is 3.58. The molecule has 0 radical (unpaired) electrons. The zero-order chi connectivity index (χ0) is 20.6. The van der Waals surface area contributed by atoms with Gasteiger partial charge in [0.25, 0.3) is 6.29 Å². The number of hydrogen-bond acceptors (Lipinski definition) is 10. The minimum atomic E-state index is -1.68. The average molecular weight is 404 g/mol. The molecule has 2 aliphatic rings. The van der Waals surface area contributed by atoms with E-state index in [0.717, 1.165) is 6.21 Å². The Balaban J connectivity index is 1.87. The minimum absolute atomic E-state index is 0.212. The molecule has 29 heavy (non-hydrogen) atoms. The van der Waals surface area contributed by atoms with Crippen LogP contribution in [-0.4, -0.2) is 71.1 Å². The number of aromatic nitrogens is 2. The third kappa shape index (κ3) is 3.10. The molecule has 0 amide bonds. The van der Waals surface area contributed by atoms with Crippen molar-refractivity contribution in [2.45, 2.75) is 37.3 Å². The van der Waals surface area contributed by atoms with Crippen LogP contribution in [0.5, 0.6) is 11.5 Å². The number of rotatable bonds is 4. The third-order valence-corrected chi connectivity index (χ3v) is 5.00. The Morgan fingerprint density at radius 1 is 1.31 bits per heavy atom. The van der Waals surface area contributed by atoms with Gasteiger partial charge in [-0.3, -0.25) is 4.98 Å². The molecule has 1 fully saturated rings. The molecule has 0 bridgehead atoms. The second-order valence-electron chi connectivity index (χ2n) is 6.65. The number of fused-ring (bicyclic) bond motifs is 2. The first-order valence-electron chi connectivity index (χ1n) is 8.95. The fourth-order valence-electron chi connectivity index (χ4n) is 3.58. The van der Waals surface area contributed by atoms with Gasteiger partial charge in [0.15, 0.2) is 17.6 Å².